The summed E-state index contributed by atoms with van der Waals surface area (Å²) in [5, 5.41) is 0. The number of nitrogens with zero attached hydrogens (tertiary/aromatic N) is 1. The van der Waals surface area contributed by atoms with Gasteiger partial charge in [-0.25, -0.2) is 4.39 Å². The molecule has 2 N–H and O–H groups in total. The van der Waals surface area contributed by atoms with E-state index in [1.807, 2.05) is 0 Å². The third-order valence-corrected chi connectivity index (χ3v) is 5.33. The molecule has 1 aromatic rings. The Balaban J connectivity index is 1.59. The summed E-state index contributed by atoms with van der Waals surface area (Å²) >= 11 is 0. The fraction of sp³-hybridized carbons (Fsp3) is 0.647. The third-order valence-electron chi connectivity index (χ3n) is 5.33. The number of hydrogen-bond donors (Lipinski definition) is 1. The van der Waals surface area contributed by atoms with Gasteiger partial charge in [0.15, 0.2) is 0 Å². The first-order chi connectivity index (χ1) is 9.67. The maximum Gasteiger partial charge on any atom is 0.123 e. The van der Waals surface area contributed by atoms with E-state index in [9.17, 15) is 4.39 Å². The normalized spacial score (nSPS) is 23.1. The molecule has 2 fully saturated rings. The Morgan fingerprint density at radius 1 is 1.05 bits per heavy atom. The Bertz CT molecular complexity index is 456. The van der Waals surface area contributed by atoms with Gasteiger partial charge in [0.25, 0.3) is 0 Å². The average molecular weight is 276 g/mol. The molecule has 1 spiro atoms. The first-order valence-electron chi connectivity index (χ1n) is 7.93. The molecular formula is C17H25FN2. The lowest BCUT2D eigenvalue weighted by atomic mass is 9.68. The van der Waals surface area contributed by atoms with Crippen LogP contribution in [-0.2, 0) is 6.54 Å². The van der Waals surface area contributed by atoms with Crippen LogP contribution in [0, 0.1) is 11.2 Å². The second kappa shape index (κ2) is 5.72. The summed E-state index contributed by atoms with van der Waals surface area (Å²) in [6.45, 7) is 3.06. The topological polar surface area (TPSA) is 29.3 Å². The van der Waals surface area contributed by atoms with Crippen molar-refractivity contribution < 1.29 is 4.39 Å². The van der Waals surface area contributed by atoms with E-state index in [1.165, 1.54) is 51.0 Å². The molecule has 1 saturated heterocycles. The van der Waals surface area contributed by atoms with Gasteiger partial charge in [0, 0.05) is 12.2 Å². The summed E-state index contributed by atoms with van der Waals surface area (Å²) in [5.74, 6) is -0.185. The van der Waals surface area contributed by atoms with Crippen molar-refractivity contribution in [3.63, 3.8) is 0 Å². The highest BCUT2D eigenvalue weighted by molar-refractivity contribution is 5.46. The number of hydrogen-bond acceptors (Lipinski definition) is 2. The predicted octanol–water partition coefficient (Wildman–Crippen LogP) is 3.95. The maximum absolute atomic E-state index is 13.3. The Labute approximate surface area is 121 Å². The lowest BCUT2D eigenvalue weighted by Gasteiger charge is -2.44. The van der Waals surface area contributed by atoms with E-state index in [0.717, 1.165) is 25.2 Å². The van der Waals surface area contributed by atoms with Crippen molar-refractivity contribution in [1.29, 1.82) is 0 Å². The second-order valence-corrected chi connectivity index (χ2v) is 6.68. The predicted molar refractivity (Wildman–Crippen MR) is 80.8 cm³/mol. The molecule has 0 atom stereocenters. The number of nitrogens with two attached hydrogens (primary N) is 1. The summed E-state index contributed by atoms with van der Waals surface area (Å²) in [7, 11) is 0. The largest absolute Gasteiger partial charge is 0.398 e. The van der Waals surface area contributed by atoms with Crippen LogP contribution >= 0.6 is 0 Å². The standard InChI is InChI=1S/C17H25FN2/c18-15-4-5-16(19)14(12-15)13-20-10-8-17(9-11-20)6-2-1-3-7-17/h4-5,12H,1-3,6-11,13,19H2. The van der Waals surface area contributed by atoms with Crippen molar-refractivity contribution >= 4 is 5.69 Å². The average Bonchev–Trinajstić information content (AvgIpc) is 2.47. The summed E-state index contributed by atoms with van der Waals surface area (Å²) in [4.78, 5) is 2.44. The number of rotatable bonds is 2. The van der Waals surface area contributed by atoms with Gasteiger partial charge in [0.1, 0.15) is 5.82 Å². The molecule has 0 aromatic heterocycles. The SMILES string of the molecule is Nc1ccc(F)cc1CN1CCC2(CCCCC2)CC1. The maximum atomic E-state index is 13.3. The number of halogens is 1. The van der Waals surface area contributed by atoms with Crippen LogP contribution in [0.1, 0.15) is 50.5 Å². The van der Waals surface area contributed by atoms with E-state index in [0.29, 0.717) is 11.1 Å². The molecular weight excluding hydrogens is 251 g/mol. The summed E-state index contributed by atoms with van der Waals surface area (Å²) in [6, 6.07) is 4.70. The van der Waals surface area contributed by atoms with E-state index in [-0.39, 0.29) is 5.82 Å². The van der Waals surface area contributed by atoms with Gasteiger partial charge in [-0.05, 0) is 68.0 Å². The molecule has 0 bridgehead atoms. The molecule has 1 heterocycles. The van der Waals surface area contributed by atoms with Gasteiger partial charge in [0.05, 0.1) is 0 Å². The van der Waals surface area contributed by atoms with Gasteiger partial charge in [-0.15, -0.1) is 0 Å². The van der Waals surface area contributed by atoms with Crippen LogP contribution in [0.4, 0.5) is 10.1 Å². The Morgan fingerprint density at radius 3 is 2.45 bits per heavy atom. The molecule has 0 amide bonds. The fourth-order valence-electron chi connectivity index (χ4n) is 3.94. The van der Waals surface area contributed by atoms with Crippen molar-refractivity contribution in [3.8, 4) is 0 Å². The molecule has 0 radical (unpaired) electrons. The van der Waals surface area contributed by atoms with Crippen molar-refractivity contribution in [2.45, 2.75) is 51.5 Å². The van der Waals surface area contributed by atoms with Crippen LogP contribution in [0.3, 0.4) is 0 Å². The van der Waals surface area contributed by atoms with E-state index < -0.39 is 0 Å². The Hall–Kier alpha value is -1.09. The highest BCUT2D eigenvalue weighted by atomic mass is 19.1. The van der Waals surface area contributed by atoms with Gasteiger partial charge in [-0.2, -0.15) is 0 Å². The Morgan fingerprint density at radius 2 is 1.75 bits per heavy atom. The van der Waals surface area contributed by atoms with Crippen molar-refractivity contribution in [3.05, 3.63) is 29.6 Å². The van der Waals surface area contributed by atoms with Gasteiger partial charge < -0.3 is 5.73 Å². The zero-order valence-electron chi connectivity index (χ0n) is 12.2. The zero-order chi connectivity index (χ0) is 14.0. The quantitative estimate of drug-likeness (QED) is 0.829. The molecule has 1 aromatic carbocycles. The first-order valence-corrected chi connectivity index (χ1v) is 7.93. The van der Waals surface area contributed by atoms with Crippen LogP contribution in [-0.4, -0.2) is 18.0 Å². The lowest BCUT2D eigenvalue weighted by Crippen LogP contribution is -2.40. The van der Waals surface area contributed by atoms with E-state index in [4.69, 9.17) is 5.73 Å². The fourth-order valence-corrected chi connectivity index (χ4v) is 3.94. The minimum atomic E-state index is -0.185. The molecule has 20 heavy (non-hydrogen) atoms. The summed E-state index contributed by atoms with van der Waals surface area (Å²) in [6.07, 6.45) is 9.70. The molecule has 0 unspecified atom stereocenters. The minimum absolute atomic E-state index is 0.185. The number of anilines is 1. The monoisotopic (exact) mass is 276 g/mol. The smallest absolute Gasteiger partial charge is 0.123 e. The second-order valence-electron chi connectivity index (χ2n) is 6.68. The lowest BCUT2D eigenvalue weighted by molar-refractivity contribution is 0.0642. The zero-order valence-corrected chi connectivity index (χ0v) is 12.2. The van der Waals surface area contributed by atoms with E-state index in [2.05, 4.69) is 4.90 Å². The number of likely N-dealkylation sites (tertiary alicyclic amines) is 1. The highest BCUT2D eigenvalue weighted by Crippen LogP contribution is 2.44. The molecule has 2 aliphatic rings. The number of piperidine rings is 1. The van der Waals surface area contributed by atoms with E-state index >= 15 is 0 Å². The molecule has 110 valence electrons. The number of benzene rings is 1. The summed E-state index contributed by atoms with van der Waals surface area (Å²) < 4.78 is 13.3. The third kappa shape index (κ3) is 2.98. The van der Waals surface area contributed by atoms with Gasteiger partial charge in [-0.3, -0.25) is 4.90 Å². The van der Waals surface area contributed by atoms with Crippen molar-refractivity contribution in [2.75, 3.05) is 18.8 Å². The highest BCUT2D eigenvalue weighted by Gasteiger charge is 2.35. The minimum Gasteiger partial charge on any atom is -0.398 e. The van der Waals surface area contributed by atoms with Gasteiger partial charge in [0.2, 0.25) is 0 Å². The number of nitrogen functional groups attached to an aromatic ring is 1. The molecule has 3 rings (SSSR count). The van der Waals surface area contributed by atoms with Crippen LogP contribution in [0.5, 0.6) is 0 Å². The van der Waals surface area contributed by atoms with E-state index in [1.54, 1.807) is 12.1 Å². The van der Waals surface area contributed by atoms with Crippen LogP contribution in [0.2, 0.25) is 0 Å². The van der Waals surface area contributed by atoms with Crippen LogP contribution in [0.25, 0.3) is 0 Å². The Kier molecular flexibility index (Phi) is 3.97. The molecule has 1 saturated carbocycles. The van der Waals surface area contributed by atoms with Gasteiger partial charge >= 0.3 is 0 Å². The summed E-state index contributed by atoms with van der Waals surface area (Å²) in [5.41, 5.74) is 8.22. The van der Waals surface area contributed by atoms with Crippen molar-refractivity contribution in [2.24, 2.45) is 5.41 Å². The van der Waals surface area contributed by atoms with Crippen molar-refractivity contribution in [1.82, 2.24) is 4.90 Å². The first kappa shape index (κ1) is 13.9. The van der Waals surface area contributed by atoms with Crippen LogP contribution in [0.15, 0.2) is 18.2 Å². The molecule has 3 heteroatoms. The van der Waals surface area contributed by atoms with Crippen LogP contribution < -0.4 is 5.73 Å². The molecule has 1 aliphatic heterocycles. The van der Waals surface area contributed by atoms with Gasteiger partial charge in [-0.1, -0.05) is 19.3 Å². The molecule has 2 nitrogen and oxygen atoms in total. The molecule has 1 aliphatic carbocycles.